The first-order valence-corrected chi connectivity index (χ1v) is 11.5. The second-order valence-corrected chi connectivity index (χ2v) is 10.2. The third-order valence-corrected chi connectivity index (χ3v) is 6.10. The highest BCUT2D eigenvalue weighted by atomic mass is 32.2. The van der Waals surface area contributed by atoms with Crippen LogP contribution < -0.4 is 10.6 Å². The highest BCUT2D eigenvalue weighted by molar-refractivity contribution is 7.86. The Morgan fingerprint density at radius 2 is 1.70 bits per heavy atom. The second kappa shape index (κ2) is 9.89. The molecule has 1 aliphatic rings. The number of benzene rings is 1. The summed E-state index contributed by atoms with van der Waals surface area (Å²) in [6, 6.07) is 5.29. The molecular weight excluding hydrogens is 408 g/mol. The number of rotatable bonds is 7. The van der Waals surface area contributed by atoms with Crippen LogP contribution in [0.3, 0.4) is 0 Å². The van der Waals surface area contributed by atoms with Crippen LogP contribution in [0.25, 0.3) is 0 Å². The number of ether oxygens (including phenoxy) is 1. The lowest BCUT2D eigenvalue weighted by Crippen LogP contribution is -2.50. The minimum absolute atomic E-state index is 0.00686. The number of Topliss-reactive ketones (excluding diaryl/α,β-unsaturated/α-hetero) is 1. The van der Waals surface area contributed by atoms with Crippen LogP contribution in [0, 0.1) is 12.8 Å². The maximum Gasteiger partial charge on any atom is 0.408 e. The number of ketones is 1. The van der Waals surface area contributed by atoms with Crippen LogP contribution in [0.1, 0.15) is 46.1 Å². The maximum absolute atomic E-state index is 13.1. The quantitative estimate of drug-likeness (QED) is 0.627. The molecule has 0 spiro atoms. The molecule has 168 valence electrons. The van der Waals surface area contributed by atoms with E-state index in [4.69, 9.17) is 8.92 Å². The lowest BCUT2D eigenvalue weighted by atomic mass is 9.88. The van der Waals surface area contributed by atoms with Gasteiger partial charge in [0.1, 0.15) is 11.7 Å². The summed E-state index contributed by atoms with van der Waals surface area (Å²) in [6.45, 7) is 9.83. The molecule has 1 aromatic rings. The molecule has 30 heavy (non-hydrogen) atoms. The Labute approximate surface area is 178 Å². The minimum Gasteiger partial charge on any atom is -0.444 e. The summed E-state index contributed by atoms with van der Waals surface area (Å²) in [4.78, 5) is 25.2. The first-order valence-electron chi connectivity index (χ1n) is 10.1. The van der Waals surface area contributed by atoms with Crippen LogP contribution in [0.5, 0.6) is 0 Å². The van der Waals surface area contributed by atoms with E-state index in [0.29, 0.717) is 25.9 Å². The van der Waals surface area contributed by atoms with Gasteiger partial charge in [-0.1, -0.05) is 17.7 Å². The van der Waals surface area contributed by atoms with Gasteiger partial charge in [0, 0.05) is 0 Å². The van der Waals surface area contributed by atoms with Gasteiger partial charge >= 0.3 is 6.09 Å². The molecule has 1 amide bonds. The van der Waals surface area contributed by atoms with Crippen LogP contribution in [0.4, 0.5) is 4.79 Å². The van der Waals surface area contributed by atoms with Gasteiger partial charge in [-0.3, -0.25) is 8.98 Å². The zero-order chi connectivity index (χ0) is 22.5. The fourth-order valence-electron chi connectivity index (χ4n) is 3.20. The fourth-order valence-corrected chi connectivity index (χ4v) is 4.31. The van der Waals surface area contributed by atoms with Crippen LogP contribution in [-0.2, 0) is 23.8 Å². The van der Waals surface area contributed by atoms with Crippen molar-refractivity contribution in [3.63, 3.8) is 0 Å². The van der Waals surface area contributed by atoms with Gasteiger partial charge in [-0.15, -0.1) is 0 Å². The molecule has 2 unspecified atom stereocenters. The summed E-state index contributed by atoms with van der Waals surface area (Å²) in [6.07, 6.45) is -0.741. The number of nitrogens with one attached hydrogen (secondary N) is 2. The third kappa shape index (κ3) is 7.07. The summed E-state index contributed by atoms with van der Waals surface area (Å²) in [7, 11) is -4.15. The number of carbonyl (C=O) groups excluding carboxylic acids is 2. The maximum atomic E-state index is 13.1. The molecule has 1 heterocycles. The van der Waals surface area contributed by atoms with Crippen molar-refractivity contribution in [3.8, 4) is 0 Å². The minimum atomic E-state index is -4.15. The number of alkyl carbamates (subject to hydrolysis) is 1. The van der Waals surface area contributed by atoms with Crippen molar-refractivity contribution >= 4 is 22.0 Å². The summed E-state index contributed by atoms with van der Waals surface area (Å²) in [5.41, 5.74) is 0.196. The Kier molecular flexibility index (Phi) is 8.01. The molecule has 1 fully saturated rings. The molecule has 1 aromatic carbocycles. The Balaban J connectivity index is 2.20. The molecule has 0 aromatic heterocycles. The highest BCUT2D eigenvalue weighted by Crippen LogP contribution is 2.25. The van der Waals surface area contributed by atoms with Crippen LogP contribution in [-0.4, -0.2) is 51.1 Å². The lowest BCUT2D eigenvalue weighted by Gasteiger charge is -2.31. The summed E-state index contributed by atoms with van der Waals surface area (Å²) in [5, 5.41) is 5.68. The molecular formula is C21H32N2O6S. The first-order chi connectivity index (χ1) is 13.9. The van der Waals surface area contributed by atoms with E-state index in [1.54, 1.807) is 32.9 Å². The van der Waals surface area contributed by atoms with Crippen molar-refractivity contribution in [3.05, 3.63) is 29.8 Å². The number of carbonyl (C=O) groups is 2. The molecule has 1 aliphatic heterocycles. The third-order valence-electron chi connectivity index (χ3n) is 4.79. The average molecular weight is 441 g/mol. The van der Waals surface area contributed by atoms with E-state index in [2.05, 4.69) is 10.6 Å². The number of hydrogen-bond acceptors (Lipinski definition) is 7. The van der Waals surface area contributed by atoms with Crippen LogP contribution in [0.2, 0.25) is 0 Å². The van der Waals surface area contributed by atoms with E-state index in [1.807, 2.05) is 6.92 Å². The Morgan fingerprint density at radius 1 is 1.13 bits per heavy atom. The second-order valence-electron chi connectivity index (χ2n) is 8.64. The normalized spacial score (nSPS) is 17.8. The Bertz CT molecular complexity index is 839. The first kappa shape index (κ1) is 24.3. The average Bonchev–Trinajstić information content (AvgIpc) is 2.65. The molecule has 1 saturated heterocycles. The topological polar surface area (TPSA) is 111 Å². The molecule has 0 saturated carbocycles. The summed E-state index contributed by atoms with van der Waals surface area (Å²) in [5.74, 6) is -0.773. The number of aryl methyl sites for hydroxylation is 1. The van der Waals surface area contributed by atoms with Crippen molar-refractivity contribution in [2.75, 3.05) is 13.1 Å². The fraction of sp³-hybridized carbons (Fsp3) is 0.619. The smallest absolute Gasteiger partial charge is 0.408 e. The van der Waals surface area contributed by atoms with Gasteiger partial charge in [-0.25, -0.2) is 4.79 Å². The predicted octanol–water partition coefficient (Wildman–Crippen LogP) is 2.55. The molecule has 2 rings (SSSR count). The van der Waals surface area contributed by atoms with E-state index in [9.17, 15) is 18.0 Å². The van der Waals surface area contributed by atoms with Crippen molar-refractivity contribution in [2.45, 2.75) is 70.1 Å². The van der Waals surface area contributed by atoms with Crippen molar-refractivity contribution in [1.29, 1.82) is 0 Å². The Hall–Kier alpha value is -1.97. The summed E-state index contributed by atoms with van der Waals surface area (Å²) >= 11 is 0. The van der Waals surface area contributed by atoms with Gasteiger partial charge in [0.25, 0.3) is 10.1 Å². The largest absolute Gasteiger partial charge is 0.444 e. The molecule has 0 aliphatic carbocycles. The van der Waals surface area contributed by atoms with E-state index >= 15 is 0 Å². The zero-order valence-corrected chi connectivity index (χ0v) is 19.0. The number of piperidine rings is 1. The number of hydrogen-bond donors (Lipinski definition) is 2. The van der Waals surface area contributed by atoms with Crippen molar-refractivity contribution < 1.29 is 26.9 Å². The highest BCUT2D eigenvalue weighted by Gasteiger charge is 2.38. The standard InChI is InChI=1S/C21H32N2O6S/c1-14-6-8-17(9-7-14)30(26,27)29-19(16-10-12-22-13-11-16)18(24)15(2)23-20(25)28-21(3,4)5/h6-9,15-16,19,22H,10-13H2,1-5H3,(H,23,25). The van der Waals surface area contributed by atoms with Crippen molar-refractivity contribution in [1.82, 2.24) is 10.6 Å². The van der Waals surface area contributed by atoms with E-state index in [0.717, 1.165) is 5.56 Å². The molecule has 0 bridgehead atoms. The van der Waals surface area contributed by atoms with Gasteiger partial charge in [0.15, 0.2) is 5.78 Å². The van der Waals surface area contributed by atoms with Crippen LogP contribution >= 0.6 is 0 Å². The SMILES string of the molecule is Cc1ccc(S(=O)(=O)OC(C(=O)C(C)NC(=O)OC(C)(C)C)C2CCNCC2)cc1. The van der Waals surface area contributed by atoms with Gasteiger partial charge in [-0.2, -0.15) is 8.42 Å². The molecule has 0 radical (unpaired) electrons. The number of amides is 1. The van der Waals surface area contributed by atoms with Gasteiger partial charge < -0.3 is 15.4 Å². The summed E-state index contributed by atoms with van der Waals surface area (Å²) < 4.78 is 36.3. The lowest BCUT2D eigenvalue weighted by molar-refractivity contribution is -0.130. The van der Waals surface area contributed by atoms with Gasteiger partial charge in [-0.05, 0) is 78.6 Å². The van der Waals surface area contributed by atoms with Crippen LogP contribution in [0.15, 0.2) is 29.2 Å². The molecule has 2 N–H and O–H groups in total. The zero-order valence-electron chi connectivity index (χ0n) is 18.2. The van der Waals surface area contributed by atoms with E-state index in [-0.39, 0.29) is 10.8 Å². The molecule has 8 nitrogen and oxygen atoms in total. The Morgan fingerprint density at radius 3 is 2.23 bits per heavy atom. The molecule has 9 heteroatoms. The van der Waals surface area contributed by atoms with E-state index in [1.165, 1.54) is 19.1 Å². The van der Waals surface area contributed by atoms with Gasteiger partial charge in [0.2, 0.25) is 0 Å². The van der Waals surface area contributed by atoms with Crippen molar-refractivity contribution in [2.24, 2.45) is 5.92 Å². The predicted molar refractivity (Wildman–Crippen MR) is 113 cm³/mol. The van der Waals surface area contributed by atoms with E-state index < -0.39 is 39.7 Å². The van der Waals surface area contributed by atoms with Gasteiger partial charge in [0.05, 0.1) is 10.9 Å². The monoisotopic (exact) mass is 440 g/mol. The molecule has 2 atom stereocenters.